The highest BCUT2D eigenvalue weighted by Gasteiger charge is 2.17. The lowest BCUT2D eigenvalue weighted by Crippen LogP contribution is -2.15. The number of aromatic nitrogens is 2. The van der Waals surface area contributed by atoms with Crippen LogP contribution in [0.1, 0.15) is 42.8 Å². The first kappa shape index (κ1) is 21.5. The van der Waals surface area contributed by atoms with Gasteiger partial charge in [-0.25, -0.2) is 9.59 Å². The first-order valence-corrected chi connectivity index (χ1v) is 9.05. The topological polar surface area (TPSA) is 130 Å². The van der Waals surface area contributed by atoms with Gasteiger partial charge in [0.1, 0.15) is 5.75 Å². The van der Waals surface area contributed by atoms with Gasteiger partial charge in [-0.1, -0.05) is 17.3 Å². The van der Waals surface area contributed by atoms with Gasteiger partial charge in [-0.3, -0.25) is 4.79 Å². The molecular weight excluding hydrogens is 406 g/mol. The molecule has 1 amide bonds. The number of hydrogen-bond acceptors (Lipinski definition) is 9. The van der Waals surface area contributed by atoms with Crippen molar-refractivity contribution in [1.29, 1.82) is 0 Å². The van der Waals surface area contributed by atoms with Crippen LogP contribution in [0.2, 0.25) is 0 Å². The molecule has 1 N–H and O–H groups in total. The average molecular weight is 425 g/mol. The van der Waals surface area contributed by atoms with Crippen molar-refractivity contribution in [2.75, 3.05) is 19.5 Å². The van der Waals surface area contributed by atoms with E-state index in [1.807, 2.05) is 0 Å². The number of nitrogens with zero attached hydrogens (tertiary/aromatic N) is 2. The van der Waals surface area contributed by atoms with Gasteiger partial charge >= 0.3 is 11.9 Å². The van der Waals surface area contributed by atoms with Crippen molar-refractivity contribution >= 4 is 23.5 Å². The van der Waals surface area contributed by atoms with E-state index in [1.165, 1.54) is 32.4 Å². The number of hydrogen-bond donors (Lipinski definition) is 1. The SMILES string of the molecule is COC(=O)c1cc(NC(=O)c2ccccc2OCc2noc(C)n2)cc(C(=O)OC)c1. The molecule has 10 nitrogen and oxygen atoms in total. The summed E-state index contributed by atoms with van der Waals surface area (Å²) < 4.78 is 20.0. The lowest BCUT2D eigenvalue weighted by Gasteiger charge is -2.12. The molecule has 10 heteroatoms. The zero-order valence-electron chi connectivity index (χ0n) is 17.0. The Labute approximate surface area is 177 Å². The molecule has 1 aromatic heterocycles. The monoisotopic (exact) mass is 425 g/mol. The maximum absolute atomic E-state index is 12.9. The molecule has 31 heavy (non-hydrogen) atoms. The highest BCUT2D eigenvalue weighted by molar-refractivity contribution is 6.07. The standard InChI is InChI=1S/C21H19N3O7/c1-12-22-18(24-31-12)11-30-17-7-5-4-6-16(17)19(25)23-15-9-13(20(26)28-2)8-14(10-15)21(27)29-3/h4-10H,11H2,1-3H3,(H,23,25). The highest BCUT2D eigenvalue weighted by atomic mass is 16.5. The summed E-state index contributed by atoms with van der Waals surface area (Å²) in [6.45, 7) is 1.66. The summed E-state index contributed by atoms with van der Waals surface area (Å²) in [4.78, 5) is 40.8. The number of ether oxygens (including phenoxy) is 3. The van der Waals surface area contributed by atoms with E-state index in [1.54, 1.807) is 31.2 Å². The average Bonchev–Trinajstić information content (AvgIpc) is 3.21. The maximum atomic E-state index is 12.9. The Bertz CT molecular complexity index is 1090. The molecule has 1 heterocycles. The Balaban J connectivity index is 1.84. The molecule has 0 saturated heterocycles. The van der Waals surface area contributed by atoms with Gasteiger partial charge in [-0.15, -0.1) is 0 Å². The van der Waals surface area contributed by atoms with Gasteiger partial charge in [0.05, 0.1) is 30.9 Å². The van der Waals surface area contributed by atoms with E-state index in [0.717, 1.165) is 0 Å². The van der Waals surface area contributed by atoms with Crippen LogP contribution in [0, 0.1) is 6.92 Å². The lowest BCUT2D eigenvalue weighted by molar-refractivity contribution is 0.0598. The number of para-hydroxylation sites is 1. The van der Waals surface area contributed by atoms with Crippen LogP contribution in [-0.2, 0) is 16.1 Å². The fourth-order valence-corrected chi connectivity index (χ4v) is 2.69. The van der Waals surface area contributed by atoms with Crippen LogP contribution in [0.5, 0.6) is 5.75 Å². The van der Waals surface area contributed by atoms with Crippen molar-refractivity contribution in [3.8, 4) is 5.75 Å². The molecule has 0 aliphatic carbocycles. The molecular formula is C21H19N3O7. The van der Waals surface area contributed by atoms with Crippen LogP contribution in [-0.4, -0.2) is 42.2 Å². The van der Waals surface area contributed by atoms with Crippen molar-refractivity contribution in [1.82, 2.24) is 10.1 Å². The minimum Gasteiger partial charge on any atom is -0.485 e. The molecule has 0 aliphatic rings. The number of esters is 2. The lowest BCUT2D eigenvalue weighted by atomic mass is 10.1. The van der Waals surface area contributed by atoms with Crippen LogP contribution < -0.4 is 10.1 Å². The molecule has 3 rings (SSSR count). The number of aryl methyl sites for hydroxylation is 1. The number of carbonyl (C=O) groups is 3. The van der Waals surface area contributed by atoms with E-state index in [0.29, 0.717) is 17.5 Å². The zero-order chi connectivity index (χ0) is 22.4. The van der Waals surface area contributed by atoms with Crippen molar-refractivity contribution < 1.29 is 33.1 Å². The number of amides is 1. The van der Waals surface area contributed by atoms with E-state index < -0.39 is 17.8 Å². The first-order valence-electron chi connectivity index (χ1n) is 9.05. The van der Waals surface area contributed by atoms with Crippen LogP contribution in [0.15, 0.2) is 47.0 Å². The third kappa shape index (κ3) is 5.24. The third-order valence-corrected chi connectivity index (χ3v) is 4.09. The molecule has 0 spiro atoms. The number of anilines is 1. The smallest absolute Gasteiger partial charge is 0.337 e. The van der Waals surface area contributed by atoms with Gasteiger partial charge in [-0.2, -0.15) is 4.98 Å². The van der Waals surface area contributed by atoms with E-state index >= 15 is 0 Å². The van der Waals surface area contributed by atoms with Crippen molar-refractivity contribution in [3.05, 3.63) is 70.9 Å². The summed E-state index contributed by atoms with van der Waals surface area (Å²) in [6.07, 6.45) is 0. The molecule has 0 radical (unpaired) electrons. The van der Waals surface area contributed by atoms with Gasteiger partial charge in [0.2, 0.25) is 11.7 Å². The quantitative estimate of drug-likeness (QED) is 0.568. The third-order valence-electron chi connectivity index (χ3n) is 4.09. The molecule has 0 atom stereocenters. The highest BCUT2D eigenvalue weighted by Crippen LogP contribution is 2.22. The predicted octanol–water partition coefficient (Wildman–Crippen LogP) is 2.78. The Morgan fingerprint density at radius 2 is 1.65 bits per heavy atom. The van der Waals surface area contributed by atoms with Crippen molar-refractivity contribution in [3.63, 3.8) is 0 Å². The van der Waals surface area contributed by atoms with E-state index in [2.05, 4.69) is 15.5 Å². The van der Waals surface area contributed by atoms with Crippen molar-refractivity contribution in [2.45, 2.75) is 13.5 Å². The Hall–Kier alpha value is -4.21. The first-order chi connectivity index (χ1) is 14.9. The van der Waals surface area contributed by atoms with Crippen LogP contribution in [0.4, 0.5) is 5.69 Å². The molecule has 3 aromatic rings. The molecule has 160 valence electrons. The second-order valence-electron chi connectivity index (χ2n) is 6.25. The van der Waals surface area contributed by atoms with Gasteiger partial charge in [0, 0.05) is 12.6 Å². The fraction of sp³-hybridized carbons (Fsp3) is 0.190. The summed E-state index contributed by atoms with van der Waals surface area (Å²) in [7, 11) is 2.43. The largest absolute Gasteiger partial charge is 0.485 e. The molecule has 0 unspecified atom stereocenters. The molecule has 0 saturated carbocycles. The minimum absolute atomic E-state index is 0.00590. The van der Waals surface area contributed by atoms with Gasteiger partial charge < -0.3 is 24.1 Å². The maximum Gasteiger partial charge on any atom is 0.337 e. The molecule has 0 bridgehead atoms. The zero-order valence-corrected chi connectivity index (χ0v) is 17.0. The molecule has 2 aromatic carbocycles. The number of methoxy groups -OCH3 is 2. The normalized spacial score (nSPS) is 10.3. The molecule has 0 aliphatic heterocycles. The van der Waals surface area contributed by atoms with E-state index in [4.69, 9.17) is 18.7 Å². The minimum atomic E-state index is -0.666. The summed E-state index contributed by atoms with van der Waals surface area (Å²) in [5.41, 5.74) is 0.595. The molecule has 0 fully saturated rings. The fourth-order valence-electron chi connectivity index (χ4n) is 2.69. The van der Waals surface area contributed by atoms with Crippen LogP contribution in [0.25, 0.3) is 0 Å². The van der Waals surface area contributed by atoms with Crippen LogP contribution >= 0.6 is 0 Å². The van der Waals surface area contributed by atoms with Gasteiger partial charge in [0.25, 0.3) is 5.91 Å². The summed E-state index contributed by atoms with van der Waals surface area (Å²) in [5, 5.41) is 6.40. The number of benzene rings is 2. The Kier molecular flexibility index (Phi) is 6.61. The van der Waals surface area contributed by atoms with Gasteiger partial charge in [-0.05, 0) is 30.3 Å². The van der Waals surface area contributed by atoms with Crippen molar-refractivity contribution in [2.24, 2.45) is 0 Å². The number of nitrogens with one attached hydrogen (secondary N) is 1. The Morgan fingerprint density at radius 3 is 2.23 bits per heavy atom. The number of carbonyl (C=O) groups excluding carboxylic acids is 3. The number of rotatable bonds is 7. The summed E-state index contributed by atoms with van der Waals surface area (Å²) in [5.74, 6) is -0.823. The second kappa shape index (κ2) is 9.53. The summed E-state index contributed by atoms with van der Waals surface area (Å²) >= 11 is 0. The van der Waals surface area contributed by atoms with Crippen LogP contribution in [0.3, 0.4) is 0 Å². The summed E-state index contributed by atoms with van der Waals surface area (Å²) in [6, 6.07) is 10.7. The Morgan fingerprint density at radius 1 is 1.00 bits per heavy atom. The van der Waals surface area contributed by atoms with E-state index in [9.17, 15) is 14.4 Å². The second-order valence-corrected chi connectivity index (χ2v) is 6.25. The van der Waals surface area contributed by atoms with E-state index in [-0.39, 0.29) is 29.0 Å². The van der Waals surface area contributed by atoms with Gasteiger partial charge in [0.15, 0.2) is 6.61 Å². The predicted molar refractivity (Wildman–Crippen MR) is 107 cm³/mol.